The van der Waals surface area contributed by atoms with Crippen LogP contribution >= 0.6 is 15.9 Å². The predicted octanol–water partition coefficient (Wildman–Crippen LogP) is 6.23. The lowest BCUT2D eigenvalue weighted by Gasteiger charge is -2.25. The highest BCUT2D eigenvalue weighted by Crippen LogP contribution is 2.40. The lowest BCUT2D eigenvalue weighted by Crippen LogP contribution is -2.29. The third kappa shape index (κ3) is 4.01. The van der Waals surface area contributed by atoms with Crippen LogP contribution in [0.15, 0.2) is 80.4 Å². The Morgan fingerprint density at radius 2 is 1.85 bits per heavy atom. The van der Waals surface area contributed by atoms with Gasteiger partial charge in [0.25, 0.3) is 5.91 Å². The van der Waals surface area contributed by atoms with Crippen LogP contribution in [0.2, 0.25) is 0 Å². The van der Waals surface area contributed by atoms with Crippen molar-refractivity contribution < 1.29 is 18.3 Å². The van der Waals surface area contributed by atoms with Gasteiger partial charge in [0.05, 0.1) is 23.6 Å². The molecule has 1 amide bonds. The lowest BCUT2D eigenvalue weighted by atomic mass is 9.98. The van der Waals surface area contributed by atoms with Crippen molar-refractivity contribution in [2.75, 3.05) is 6.61 Å². The molecule has 3 aromatic carbocycles. The highest BCUT2D eigenvalue weighted by atomic mass is 79.9. The third-order valence-electron chi connectivity index (χ3n) is 5.84. The Morgan fingerprint density at radius 1 is 1.06 bits per heavy atom. The summed E-state index contributed by atoms with van der Waals surface area (Å²) in [5, 5.41) is 0.396. The number of hydrogen-bond acceptors (Lipinski definition) is 4. The molecule has 0 spiro atoms. The molecule has 1 aliphatic rings. The van der Waals surface area contributed by atoms with Crippen molar-refractivity contribution in [3.05, 3.63) is 110 Å². The molecule has 0 fully saturated rings. The molecule has 7 heteroatoms. The summed E-state index contributed by atoms with van der Waals surface area (Å²) < 4.78 is 26.0. The fourth-order valence-electron chi connectivity index (χ4n) is 4.28. The first-order valence-corrected chi connectivity index (χ1v) is 11.8. The minimum absolute atomic E-state index is 0.0341. The molecule has 0 bridgehead atoms. The van der Waals surface area contributed by atoms with E-state index in [1.165, 1.54) is 12.1 Å². The van der Waals surface area contributed by atoms with Gasteiger partial charge in [-0.2, -0.15) is 0 Å². The number of hydrogen-bond donors (Lipinski definition) is 0. The van der Waals surface area contributed by atoms with E-state index in [0.29, 0.717) is 28.9 Å². The van der Waals surface area contributed by atoms with Gasteiger partial charge in [-0.3, -0.25) is 9.59 Å². The maximum atomic E-state index is 13.7. The lowest BCUT2D eigenvalue weighted by molar-refractivity contribution is 0.0714. The first kappa shape index (κ1) is 22.3. The Morgan fingerprint density at radius 3 is 2.62 bits per heavy atom. The second-order valence-electron chi connectivity index (χ2n) is 8.20. The average Bonchev–Trinajstić information content (AvgIpc) is 3.11. The van der Waals surface area contributed by atoms with E-state index in [1.807, 2.05) is 31.2 Å². The molecule has 0 aliphatic carbocycles. The molecule has 4 aromatic rings. The molecule has 172 valence electrons. The van der Waals surface area contributed by atoms with E-state index in [1.54, 1.807) is 35.2 Å². The van der Waals surface area contributed by atoms with E-state index >= 15 is 0 Å². The molecule has 5 nitrogen and oxygen atoms in total. The third-order valence-corrected chi connectivity index (χ3v) is 6.33. The van der Waals surface area contributed by atoms with Gasteiger partial charge in [0.2, 0.25) is 5.76 Å². The number of halogens is 2. The highest BCUT2D eigenvalue weighted by molar-refractivity contribution is 9.10. The molecular weight excluding hydrogens is 501 g/mol. The van der Waals surface area contributed by atoms with Crippen molar-refractivity contribution in [1.29, 1.82) is 0 Å². The van der Waals surface area contributed by atoms with Crippen LogP contribution in [0.4, 0.5) is 4.39 Å². The zero-order valence-electron chi connectivity index (χ0n) is 18.4. The molecule has 0 radical (unpaired) electrons. The Bertz CT molecular complexity index is 1450. The molecule has 34 heavy (non-hydrogen) atoms. The Balaban J connectivity index is 1.68. The van der Waals surface area contributed by atoms with Crippen LogP contribution in [0.3, 0.4) is 0 Å². The first-order chi connectivity index (χ1) is 16.5. The van der Waals surface area contributed by atoms with Gasteiger partial charge in [-0.05, 0) is 60.0 Å². The van der Waals surface area contributed by atoms with Gasteiger partial charge < -0.3 is 14.1 Å². The van der Waals surface area contributed by atoms with Gasteiger partial charge in [0.1, 0.15) is 17.1 Å². The zero-order chi connectivity index (χ0) is 23.8. The van der Waals surface area contributed by atoms with Crippen molar-refractivity contribution in [2.24, 2.45) is 0 Å². The Kier molecular flexibility index (Phi) is 5.96. The van der Waals surface area contributed by atoms with Crippen LogP contribution in [0, 0.1) is 5.82 Å². The molecule has 1 aliphatic heterocycles. The van der Waals surface area contributed by atoms with Gasteiger partial charge in [0.15, 0.2) is 5.43 Å². The second kappa shape index (κ2) is 9.06. The van der Waals surface area contributed by atoms with Crippen LogP contribution in [0.25, 0.3) is 11.0 Å². The number of nitrogens with zero attached hydrogens (tertiary/aromatic N) is 1. The fraction of sp³-hybridized carbons (Fsp3) is 0.185. The van der Waals surface area contributed by atoms with Gasteiger partial charge in [-0.25, -0.2) is 4.39 Å². The van der Waals surface area contributed by atoms with Crippen LogP contribution < -0.4 is 10.2 Å². The number of amides is 1. The van der Waals surface area contributed by atoms with Crippen molar-refractivity contribution in [3.63, 3.8) is 0 Å². The van der Waals surface area contributed by atoms with Crippen molar-refractivity contribution in [3.8, 4) is 5.75 Å². The largest absolute Gasteiger partial charge is 0.494 e. The number of ether oxygens (including phenoxy) is 1. The topological polar surface area (TPSA) is 59.8 Å². The predicted molar refractivity (Wildman–Crippen MR) is 131 cm³/mol. The van der Waals surface area contributed by atoms with E-state index in [4.69, 9.17) is 9.15 Å². The zero-order valence-corrected chi connectivity index (χ0v) is 20.0. The molecule has 1 aromatic heterocycles. The van der Waals surface area contributed by atoms with Gasteiger partial charge in [-0.15, -0.1) is 0 Å². The van der Waals surface area contributed by atoms with Crippen molar-refractivity contribution in [2.45, 2.75) is 25.9 Å². The normalized spacial score (nSPS) is 15.1. The molecule has 1 atom stereocenters. The van der Waals surface area contributed by atoms with E-state index in [0.717, 1.165) is 22.0 Å². The number of fused-ring (bicyclic) bond motifs is 2. The molecule has 0 N–H and O–H groups in total. The van der Waals surface area contributed by atoms with Crippen molar-refractivity contribution in [1.82, 2.24) is 4.90 Å². The number of rotatable bonds is 6. The molecule has 5 rings (SSSR count). The number of carbonyl (C=O) groups is 1. The van der Waals surface area contributed by atoms with Gasteiger partial charge in [-0.1, -0.05) is 47.1 Å². The summed E-state index contributed by atoms with van der Waals surface area (Å²) in [5.41, 5.74) is 1.88. The highest BCUT2D eigenvalue weighted by Gasteiger charge is 2.42. The standard InChI is InChI=1S/C27H21BrFNO4/c1-2-12-33-20-5-3-4-17(13-20)24-23-25(31)21-14-18(28)8-11-22(21)34-26(23)27(32)30(24)15-16-6-9-19(29)10-7-16/h3-11,13-14,24H,2,12,15H2,1H3. The van der Waals surface area contributed by atoms with Crippen LogP contribution in [-0.4, -0.2) is 17.4 Å². The van der Waals surface area contributed by atoms with Crippen LogP contribution in [-0.2, 0) is 6.54 Å². The van der Waals surface area contributed by atoms with Gasteiger partial charge in [0, 0.05) is 11.0 Å². The monoisotopic (exact) mass is 521 g/mol. The Labute approximate surface area is 203 Å². The van der Waals surface area contributed by atoms with Gasteiger partial charge >= 0.3 is 0 Å². The summed E-state index contributed by atoms with van der Waals surface area (Å²) in [6.07, 6.45) is 0.857. The summed E-state index contributed by atoms with van der Waals surface area (Å²) in [5.74, 6) is -0.0429. The van der Waals surface area contributed by atoms with E-state index in [-0.39, 0.29) is 29.5 Å². The first-order valence-electron chi connectivity index (χ1n) is 11.0. The van der Waals surface area contributed by atoms with Crippen LogP contribution in [0.5, 0.6) is 5.75 Å². The summed E-state index contributed by atoms with van der Waals surface area (Å²) in [4.78, 5) is 28.8. The smallest absolute Gasteiger partial charge is 0.291 e. The molecule has 0 saturated carbocycles. The van der Waals surface area contributed by atoms with Crippen molar-refractivity contribution >= 4 is 32.8 Å². The summed E-state index contributed by atoms with van der Waals surface area (Å²) in [6, 6.07) is 17.9. The average molecular weight is 522 g/mol. The van der Waals surface area contributed by atoms with Crippen LogP contribution in [0.1, 0.15) is 46.6 Å². The van der Waals surface area contributed by atoms with E-state index < -0.39 is 6.04 Å². The number of carbonyl (C=O) groups excluding carboxylic acids is 1. The molecule has 2 heterocycles. The molecule has 0 saturated heterocycles. The van der Waals surface area contributed by atoms with E-state index in [2.05, 4.69) is 15.9 Å². The maximum absolute atomic E-state index is 13.7. The number of benzene rings is 3. The minimum Gasteiger partial charge on any atom is -0.494 e. The molecule has 1 unspecified atom stereocenters. The fourth-order valence-corrected chi connectivity index (χ4v) is 4.64. The van der Waals surface area contributed by atoms with E-state index in [9.17, 15) is 14.0 Å². The quantitative estimate of drug-likeness (QED) is 0.301. The summed E-state index contributed by atoms with van der Waals surface area (Å²) in [7, 11) is 0. The second-order valence-corrected chi connectivity index (χ2v) is 9.11. The Hall–Kier alpha value is -3.45. The summed E-state index contributed by atoms with van der Waals surface area (Å²) >= 11 is 3.41. The SMILES string of the molecule is CCCOc1cccc(C2c3c(oc4ccc(Br)cc4c3=O)C(=O)N2Cc2ccc(F)cc2)c1. The minimum atomic E-state index is -0.669. The summed E-state index contributed by atoms with van der Waals surface area (Å²) in [6.45, 7) is 2.77. The maximum Gasteiger partial charge on any atom is 0.291 e. The molecular formula is C27H21BrFNO4.